The second kappa shape index (κ2) is 7.24. The van der Waals surface area contributed by atoms with Gasteiger partial charge in [0.05, 0.1) is 13.2 Å². The average Bonchev–Trinajstić information content (AvgIpc) is 2.82. The van der Waals surface area contributed by atoms with Gasteiger partial charge in [0.25, 0.3) is 5.91 Å². The topological polar surface area (TPSA) is 131 Å². The molecule has 1 aromatic rings. The minimum absolute atomic E-state index is 0.0435. The van der Waals surface area contributed by atoms with Crippen molar-refractivity contribution in [1.82, 2.24) is 15.8 Å². The van der Waals surface area contributed by atoms with Gasteiger partial charge in [-0.25, -0.2) is 4.79 Å². The summed E-state index contributed by atoms with van der Waals surface area (Å²) in [6.07, 6.45) is 0. The molecule has 0 radical (unpaired) electrons. The third-order valence-corrected chi connectivity index (χ3v) is 2.24. The Morgan fingerprint density at radius 2 is 2.20 bits per heavy atom. The summed E-state index contributed by atoms with van der Waals surface area (Å²) in [4.78, 5) is 33.8. The third-order valence-electron chi connectivity index (χ3n) is 2.24. The number of hydrogen-bond donors (Lipinski definition) is 3. The van der Waals surface area contributed by atoms with Crippen molar-refractivity contribution < 1.29 is 28.8 Å². The van der Waals surface area contributed by atoms with Crippen molar-refractivity contribution >= 4 is 17.8 Å². The van der Waals surface area contributed by atoms with Crippen LogP contribution < -0.4 is 10.6 Å². The van der Waals surface area contributed by atoms with E-state index in [9.17, 15) is 14.4 Å². The maximum Gasteiger partial charge on any atom is 0.328 e. The standard InChI is InChI=1S/C11H15N3O6/c1-6-3-7(14-20-6)10(16)12-4-9(15)13-8(5-19-2)11(17)18/h3,8H,4-5H2,1-2H3,(H,12,16)(H,13,15)(H,17,18)/t8-/m0/s1. The lowest BCUT2D eigenvalue weighted by molar-refractivity contribution is -0.143. The fourth-order valence-electron chi connectivity index (χ4n) is 1.31. The van der Waals surface area contributed by atoms with Crippen LogP contribution >= 0.6 is 0 Å². The van der Waals surface area contributed by atoms with Crippen LogP contribution in [0.3, 0.4) is 0 Å². The van der Waals surface area contributed by atoms with Gasteiger partial charge in [-0.1, -0.05) is 5.16 Å². The van der Waals surface area contributed by atoms with Crippen LogP contribution in [0.25, 0.3) is 0 Å². The Kier molecular flexibility index (Phi) is 5.66. The van der Waals surface area contributed by atoms with Crippen molar-refractivity contribution in [2.24, 2.45) is 0 Å². The molecule has 3 N–H and O–H groups in total. The van der Waals surface area contributed by atoms with Crippen molar-refractivity contribution in [1.29, 1.82) is 0 Å². The molecule has 9 nitrogen and oxygen atoms in total. The summed E-state index contributed by atoms with van der Waals surface area (Å²) in [7, 11) is 1.32. The first-order valence-electron chi connectivity index (χ1n) is 5.66. The van der Waals surface area contributed by atoms with Crippen LogP contribution in [0.1, 0.15) is 16.2 Å². The Morgan fingerprint density at radius 3 is 2.70 bits per heavy atom. The summed E-state index contributed by atoms with van der Waals surface area (Å²) in [6.45, 7) is 1.08. The number of amides is 2. The van der Waals surface area contributed by atoms with Gasteiger partial charge in [-0.2, -0.15) is 0 Å². The number of nitrogens with zero attached hydrogens (tertiary/aromatic N) is 1. The molecule has 1 heterocycles. The first kappa shape index (κ1) is 15.6. The number of ether oxygens (including phenoxy) is 1. The van der Waals surface area contributed by atoms with E-state index in [0.717, 1.165) is 0 Å². The number of carboxylic acids is 1. The number of rotatable bonds is 7. The number of methoxy groups -OCH3 is 1. The van der Waals surface area contributed by atoms with Crippen molar-refractivity contribution in [3.8, 4) is 0 Å². The zero-order chi connectivity index (χ0) is 15.1. The van der Waals surface area contributed by atoms with Gasteiger partial charge >= 0.3 is 5.97 Å². The van der Waals surface area contributed by atoms with Crippen LogP contribution in [-0.2, 0) is 14.3 Å². The van der Waals surface area contributed by atoms with Gasteiger partial charge in [0.1, 0.15) is 5.76 Å². The predicted octanol–water partition coefficient (Wildman–Crippen LogP) is -1.07. The van der Waals surface area contributed by atoms with Crippen molar-refractivity contribution in [2.45, 2.75) is 13.0 Å². The van der Waals surface area contributed by atoms with Crippen LogP contribution in [0, 0.1) is 6.92 Å². The zero-order valence-corrected chi connectivity index (χ0v) is 11.0. The molecule has 0 fully saturated rings. The molecule has 0 bridgehead atoms. The molecule has 0 aliphatic heterocycles. The minimum Gasteiger partial charge on any atom is -0.480 e. The normalized spacial score (nSPS) is 11.7. The highest BCUT2D eigenvalue weighted by atomic mass is 16.5. The highest BCUT2D eigenvalue weighted by molar-refractivity contribution is 5.95. The van der Waals surface area contributed by atoms with Gasteiger partial charge in [-0.15, -0.1) is 0 Å². The van der Waals surface area contributed by atoms with Gasteiger partial charge in [0.2, 0.25) is 5.91 Å². The predicted molar refractivity (Wildman–Crippen MR) is 65.0 cm³/mol. The number of carboxylic acid groups (broad SMARTS) is 1. The molecule has 0 aliphatic rings. The number of aryl methyl sites for hydroxylation is 1. The van der Waals surface area contributed by atoms with Gasteiger partial charge in [0.15, 0.2) is 11.7 Å². The molecule has 0 spiro atoms. The molecular weight excluding hydrogens is 270 g/mol. The summed E-state index contributed by atoms with van der Waals surface area (Å²) < 4.78 is 9.37. The summed E-state index contributed by atoms with van der Waals surface area (Å²) in [5.41, 5.74) is 0.0435. The minimum atomic E-state index is -1.22. The molecular formula is C11H15N3O6. The Morgan fingerprint density at radius 1 is 1.50 bits per heavy atom. The van der Waals surface area contributed by atoms with Crippen LogP contribution in [0.5, 0.6) is 0 Å². The summed E-state index contributed by atoms with van der Waals surface area (Å²) in [5, 5.41) is 16.8. The van der Waals surface area contributed by atoms with Crippen LogP contribution in [0.15, 0.2) is 10.6 Å². The highest BCUT2D eigenvalue weighted by Crippen LogP contribution is 2.00. The molecule has 1 aromatic heterocycles. The Balaban J connectivity index is 2.42. The van der Waals surface area contributed by atoms with E-state index < -0.39 is 23.8 Å². The molecule has 1 rings (SSSR count). The molecule has 1 atom stereocenters. The maximum absolute atomic E-state index is 11.6. The maximum atomic E-state index is 11.6. The molecule has 9 heteroatoms. The SMILES string of the molecule is COC[C@H](NC(=O)CNC(=O)c1cc(C)on1)C(=O)O. The zero-order valence-electron chi connectivity index (χ0n) is 11.0. The first-order chi connectivity index (χ1) is 9.43. The largest absolute Gasteiger partial charge is 0.480 e. The van der Waals surface area contributed by atoms with Gasteiger partial charge < -0.3 is 25.0 Å². The lowest BCUT2D eigenvalue weighted by Crippen LogP contribution is -2.47. The van der Waals surface area contributed by atoms with Crippen LogP contribution in [0.2, 0.25) is 0 Å². The van der Waals surface area contributed by atoms with E-state index in [1.54, 1.807) is 6.92 Å². The third kappa shape index (κ3) is 4.69. The number of carbonyl (C=O) groups excluding carboxylic acids is 2. The van der Waals surface area contributed by atoms with E-state index in [0.29, 0.717) is 5.76 Å². The van der Waals surface area contributed by atoms with Gasteiger partial charge in [-0.3, -0.25) is 9.59 Å². The number of carbonyl (C=O) groups is 3. The van der Waals surface area contributed by atoms with Gasteiger partial charge in [0, 0.05) is 13.2 Å². The first-order valence-corrected chi connectivity index (χ1v) is 5.66. The average molecular weight is 285 g/mol. The van der Waals surface area contributed by atoms with Crippen molar-refractivity contribution in [2.75, 3.05) is 20.3 Å². The Bertz CT molecular complexity index is 498. The van der Waals surface area contributed by atoms with E-state index >= 15 is 0 Å². The number of aliphatic carboxylic acids is 1. The monoisotopic (exact) mass is 285 g/mol. The Hall–Kier alpha value is -2.42. The number of nitrogens with one attached hydrogen (secondary N) is 2. The molecule has 0 unspecified atom stereocenters. The smallest absolute Gasteiger partial charge is 0.328 e. The summed E-state index contributed by atoms with van der Waals surface area (Å²) >= 11 is 0. The molecule has 0 saturated carbocycles. The van der Waals surface area contributed by atoms with E-state index in [-0.39, 0.29) is 18.8 Å². The molecule has 2 amide bonds. The molecule has 0 saturated heterocycles. The van der Waals surface area contributed by atoms with Crippen molar-refractivity contribution in [3.05, 3.63) is 17.5 Å². The molecule has 110 valence electrons. The summed E-state index contributed by atoms with van der Waals surface area (Å²) in [5.74, 6) is -2.00. The number of aromatic nitrogens is 1. The Labute approximate surface area is 114 Å². The van der Waals surface area contributed by atoms with Crippen LogP contribution in [-0.4, -0.2) is 54.4 Å². The lowest BCUT2D eigenvalue weighted by atomic mass is 10.3. The molecule has 20 heavy (non-hydrogen) atoms. The molecule has 0 aromatic carbocycles. The number of hydrogen-bond acceptors (Lipinski definition) is 6. The quantitative estimate of drug-likeness (QED) is 0.581. The fraction of sp³-hybridized carbons (Fsp3) is 0.455. The van der Waals surface area contributed by atoms with E-state index in [1.807, 2.05) is 0 Å². The fourth-order valence-corrected chi connectivity index (χ4v) is 1.31. The van der Waals surface area contributed by atoms with E-state index in [1.165, 1.54) is 13.2 Å². The second-order valence-electron chi connectivity index (χ2n) is 3.92. The highest BCUT2D eigenvalue weighted by Gasteiger charge is 2.20. The summed E-state index contributed by atoms with van der Waals surface area (Å²) in [6, 6.07) is 0.247. The van der Waals surface area contributed by atoms with E-state index in [2.05, 4.69) is 20.5 Å². The van der Waals surface area contributed by atoms with Gasteiger partial charge in [-0.05, 0) is 6.92 Å². The second-order valence-corrected chi connectivity index (χ2v) is 3.92. The lowest BCUT2D eigenvalue weighted by Gasteiger charge is -2.13. The molecule has 0 aliphatic carbocycles. The van der Waals surface area contributed by atoms with E-state index in [4.69, 9.17) is 9.63 Å². The van der Waals surface area contributed by atoms with Crippen LogP contribution in [0.4, 0.5) is 0 Å². The van der Waals surface area contributed by atoms with Crippen molar-refractivity contribution in [3.63, 3.8) is 0 Å².